The quantitative estimate of drug-likeness (QED) is 0.166. The third kappa shape index (κ3) is 8.33. The van der Waals surface area contributed by atoms with Gasteiger partial charge in [-0.2, -0.15) is 0 Å². The molecule has 0 aromatic heterocycles. The molecule has 2 aliphatic rings. The van der Waals surface area contributed by atoms with Gasteiger partial charge in [-0.05, 0) is 54.3 Å². The number of anilines is 2. The minimum atomic E-state index is -5.41. The van der Waals surface area contributed by atoms with E-state index in [-0.39, 0.29) is 16.3 Å². The molecule has 18 heteroatoms. The highest BCUT2D eigenvalue weighted by molar-refractivity contribution is 7.91. The molecular weight excluding hydrogens is 692 g/mol. The van der Waals surface area contributed by atoms with Gasteiger partial charge >= 0.3 is 12.0 Å². The Labute approximate surface area is 284 Å². The van der Waals surface area contributed by atoms with Crippen molar-refractivity contribution in [3.8, 4) is 0 Å². The summed E-state index contributed by atoms with van der Waals surface area (Å²) < 4.78 is 98.0. The van der Waals surface area contributed by atoms with Crippen LogP contribution < -0.4 is 15.5 Å². The average Bonchev–Trinajstić information content (AvgIpc) is 3.09. The van der Waals surface area contributed by atoms with E-state index in [0.29, 0.717) is 36.1 Å². The molecule has 7 atom stereocenters. The number of amides is 2. The summed E-state index contributed by atoms with van der Waals surface area (Å²) in [6.07, 6.45) is -8.59. The van der Waals surface area contributed by atoms with E-state index >= 15 is 0 Å². The van der Waals surface area contributed by atoms with E-state index in [4.69, 9.17) is 4.74 Å². The maximum Gasteiger partial charge on any atom is 0.321 e. The summed E-state index contributed by atoms with van der Waals surface area (Å²) in [6, 6.07) is 10.1. The highest BCUT2D eigenvalue weighted by atomic mass is 32.3. The van der Waals surface area contributed by atoms with Gasteiger partial charge in [0.15, 0.2) is 28.3 Å². The number of fused-ring (bicyclic) bond motifs is 1. The van der Waals surface area contributed by atoms with Gasteiger partial charge in [0.25, 0.3) is 0 Å². The Balaban J connectivity index is 1.68. The number of aliphatic hydroxyl groups excluding tert-OH is 3. The fourth-order valence-electron chi connectivity index (χ4n) is 6.46. The number of nitrogens with one attached hydrogen (secondary N) is 2. The van der Waals surface area contributed by atoms with Crippen LogP contribution in [0.2, 0.25) is 0 Å². The van der Waals surface area contributed by atoms with Crippen molar-refractivity contribution in [3.05, 3.63) is 53.6 Å². The standard InChI is InChI=1S/C31H43F2N3O11S2/c1-5-7-13-30(6-2)17-48(41,42)22-12-11-20(36(3)4)15-21(22)24(26(30)38)18-9-8-10-19(14-18)34-29(40)35-28-25(37)27(39)31(32,33)23(47-28)16-46-49(43,44)45/h8-12,14-15,23-28,37-39H,5-7,13,16-17H2,1-4H3,(H2,34,35,40)(H,43,44,45)/p-1/t23-,24-,25-,26-,27-,28-,30-/m1/s1. The van der Waals surface area contributed by atoms with E-state index in [0.717, 1.165) is 6.42 Å². The highest BCUT2D eigenvalue weighted by Gasteiger charge is 2.58. The summed E-state index contributed by atoms with van der Waals surface area (Å²) in [6.45, 7) is 2.32. The van der Waals surface area contributed by atoms with Crippen molar-refractivity contribution in [1.82, 2.24) is 5.32 Å². The van der Waals surface area contributed by atoms with Crippen LogP contribution in [0.4, 0.5) is 25.0 Å². The lowest BCUT2D eigenvalue weighted by atomic mass is 9.69. The number of carbonyl (C=O) groups is 1. The number of urea groups is 1. The molecule has 4 rings (SSSR count). The summed E-state index contributed by atoms with van der Waals surface area (Å²) in [7, 11) is -5.67. The van der Waals surface area contributed by atoms with Crippen LogP contribution in [-0.4, -0.2) is 106 Å². The molecule has 2 aromatic carbocycles. The molecule has 2 aromatic rings. The van der Waals surface area contributed by atoms with Crippen LogP contribution in [0.5, 0.6) is 0 Å². The molecule has 1 fully saturated rings. The number of nitrogens with zero attached hydrogens (tertiary/aromatic N) is 1. The van der Waals surface area contributed by atoms with Gasteiger partial charge in [-0.25, -0.2) is 30.4 Å². The maximum atomic E-state index is 14.5. The van der Waals surface area contributed by atoms with Gasteiger partial charge in [-0.1, -0.05) is 38.8 Å². The Hall–Kier alpha value is -2.97. The molecule has 0 radical (unpaired) electrons. The van der Waals surface area contributed by atoms with E-state index in [2.05, 4.69) is 14.8 Å². The fourth-order valence-corrected chi connectivity index (χ4v) is 9.00. The minimum Gasteiger partial charge on any atom is -0.726 e. The predicted octanol–water partition coefficient (Wildman–Crippen LogP) is 2.30. The van der Waals surface area contributed by atoms with Crippen molar-refractivity contribution in [2.75, 3.05) is 36.7 Å². The van der Waals surface area contributed by atoms with E-state index in [9.17, 15) is 50.3 Å². The summed E-state index contributed by atoms with van der Waals surface area (Å²) in [5.74, 6) is -5.37. The molecule has 0 aliphatic carbocycles. The Morgan fingerprint density at radius 3 is 2.43 bits per heavy atom. The van der Waals surface area contributed by atoms with Crippen molar-refractivity contribution in [1.29, 1.82) is 0 Å². The largest absolute Gasteiger partial charge is 0.726 e. The van der Waals surface area contributed by atoms with Gasteiger partial charge in [0.1, 0.15) is 6.10 Å². The monoisotopic (exact) mass is 734 g/mol. The number of hydrogen-bond donors (Lipinski definition) is 5. The minimum absolute atomic E-state index is 0.0900. The molecule has 5 N–H and O–H groups in total. The molecule has 49 heavy (non-hydrogen) atoms. The summed E-state index contributed by atoms with van der Waals surface area (Å²) in [5.41, 5.74) is 0.681. The van der Waals surface area contributed by atoms with Crippen LogP contribution >= 0.6 is 0 Å². The normalized spacial score (nSPS) is 29.3. The number of ether oxygens (including phenoxy) is 1. The smallest absolute Gasteiger partial charge is 0.321 e. The van der Waals surface area contributed by atoms with Crippen molar-refractivity contribution in [2.24, 2.45) is 5.41 Å². The van der Waals surface area contributed by atoms with Gasteiger partial charge in [-0.3, -0.25) is 4.18 Å². The highest BCUT2D eigenvalue weighted by Crippen LogP contribution is 2.49. The fraction of sp³-hybridized carbons (Fsp3) is 0.581. The Bertz CT molecular complexity index is 1730. The number of unbranched alkanes of at least 4 members (excludes halogenated alkanes) is 1. The van der Waals surface area contributed by atoms with Crippen molar-refractivity contribution >= 4 is 37.6 Å². The Kier molecular flexibility index (Phi) is 11.7. The second kappa shape index (κ2) is 14.7. The molecule has 2 heterocycles. The first-order valence-electron chi connectivity index (χ1n) is 15.7. The zero-order valence-electron chi connectivity index (χ0n) is 27.4. The number of sulfone groups is 1. The van der Waals surface area contributed by atoms with Crippen molar-refractivity contribution in [2.45, 2.75) is 86.9 Å². The average molecular weight is 735 g/mol. The Morgan fingerprint density at radius 1 is 1.12 bits per heavy atom. The van der Waals surface area contributed by atoms with E-state index in [1.54, 1.807) is 49.3 Å². The number of rotatable bonds is 11. The third-order valence-corrected chi connectivity index (χ3v) is 11.7. The van der Waals surface area contributed by atoms with Crippen LogP contribution in [0.25, 0.3) is 0 Å². The molecule has 0 bridgehead atoms. The molecule has 14 nitrogen and oxygen atoms in total. The molecule has 0 unspecified atom stereocenters. The number of halogens is 2. The lowest BCUT2D eigenvalue weighted by Crippen LogP contribution is -2.66. The SMILES string of the molecule is CCCC[C@]1(CC)CS(=O)(=O)c2ccc(N(C)C)cc2[C@@H](c2cccc(NC(=O)N[C@@H]3O[C@H](COS(=O)(=O)[O-])C(F)(F)[C@H](O)[C@H]3O)c2)[C@H]1O. The van der Waals surface area contributed by atoms with Gasteiger partial charge < -0.3 is 40.1 Å². The Morgan fingerprint density at radius 2 is 1.82 bits per heavy atom. The molecule has 0 spiro atoms. The number of benzene rings is 2. The van der Waals surface area contributed by atoms with Crippen LogP contribution in [0.1, 0.15) is 56.6 Å². The van der Waals surface area contributed by atoms with Crippen LogP contribution in [-0.2, 0) is 29.2 Å². The van der Waals surface area contributed by atoms with Crippen LogP contribution in [0.3, 0.4) is 0 Å². The first kappa shape index (κ1) is 38.8. The van der Waals surface area contributed by atoms with Crippen LogP contribution in [0, 0.1) is 5.41 Å². The number of aliphatic hydroxyl groups is 3. The van der Waals surface area contributed by atoms with E-state index < -0.39 is 80.8 Å². The molecule has 1 saturated heterocycles. The van der Waals surface area contributed by atoms with Crippen LogP contribution in [0.15, 0.2) is 47.4 Å². The zero-order chi connectivity index (χ0) is 36.5. The van der Waals surface area contributed by atoms with Gasteiger partial charge in [-0.15, -0.1) is 0 Å². The predicted molar refractivity (Wildman–Crippen MR) is 173 cm³/mol. The number of alkyl halides is 2. The van der Waals surface area contributed by atoms with Crippen molar-refractivity contribution < 1.29 is 59.2 Å². The first-order chi connectivity index (χ1) is 22.8. The summed E-state index contributed by atoms with van der Waals surface area (Å²) in [5, 5.41) is 37.0. The van der Waals surface area contributed by atoms with E-state index in [1.165, 1.54) is 12.1 Å². The lowest BCUT2D eigenvalue weighted by Gasteiger charge is -2.42. The van der Waals surface area contributed by atoms with Gasteiger partial charge in [0, 0.05) is 36.8 Å². The van der Waals surface area contributed by atoms with Gasteiger partial charge in [0.2, 0.25) is 10.4 Å². The number of hydrogen-bond acceptors (Lipinski definition) is 12. The maximum absolute atomic E-state index is 14.5. The summed E-state index contributed by atoms with van der Waals surface area (Å²) in [4.78, 5) is 14.9. The lowest BCUT2D eigenvalue weighted by molar-refractivity contribution is -0.295. The summed E-state index contributed by atoms with van der Waals surface area (Å²) >= 11 is 0. The van der Waals surface area contributed by atoms with Crippen molar-refractivity contribution in [3.63, 3.8) is 0 Å². The molecule has 274 valence electrons. The second-order valence-corrected chi connectivity index (χ2v) is 15.7. The topological polar surface area (TPSA) is 215 Å². The van der Waals surface area contributed by atoms with Gasteiger partial charge in [0.05, 0.1) is 23.4 Å². The number of carbonyl (C=O) groups excluding carboxylic acids is 1. The zero-order valence-corrected chi connectivity index (χ0v) is 29.0. The molecule has 2 aliphatic heterocycles. The second-order valence-electron chi connectivity index (χ2n) is 12.7. The first-order valence-corrected chi connectivity index (χ1v) is 18.6. The molecular formula is C31H42F2N3O11S2-. The third-order valence-electron chi connectivity index (χ3n) is 9.24. The molecule has 0 saturated carbocycles. The molecule has 2 amide bonds. The van der Waals surface area contributed by atoms with E-state index in [1.807, 2.05) is 13.8 Å².